The van der Waals surface area contributed by atoms with Crippen LogP contribution in [0.1, 0.15) is 17.4 Å². The van der Waals surface area contributed by atoms with Gasteiger partial charge >= 0.3 is 0 Å². The molecule has 134 valence electrons. The molecule has 0 saturated carbocycles. The van der Waals surface area contributed by atoms with Gasteiger partial charge in [-0.1, -0.05) is 23.4 Å². The van der Waals surface area contributed by atoms with Crippen molar-refractivity contribution in [2.24, 2.45) is 0 Å². The lowest BCUT2D eigenvalue weighted by Crippen LogP contribution is -2.20. The molecular weight excluding hydrogens is 349 g/mol. The van der Waals surface area contributed by atoms with E-state index in [1.165, 1.54) is 12.1 Å². The summed E-state index contributed by atoms with van der Waals surface area (Å²) in [6, 6.07) is 11.9. The Morgan fingerprint density at radius 1 is 1.11 bits per heavy atom. The van der Waals surface area contributed by atoms with Crippen molar-refractivity contribution in [1.29, 1.82) is 0 Å². The molecule has 8 heteroatoms. The average Bonchev–Trinajstić information content (AvgIpc) is 3.35. The lowest BCUT2D eigenvalue weighted by atomic mass is 10.1. The van der Waals surface area contributed by atoms with Crippen LogP contribution in [0.15, 0.2) is 59.5 Å². The number of aromatic nitrogens is 5. The number of benzene rings is 1. The van der Waals surface area contributed by atoms with E-state index in [4.69, 9.17) is 9.26 Å². The molecule has 3 aromatic heterocycles. The molecule has 4 heterocycles. The van der Waals surface area contributed by atoms with E-state index in [1.807, 2.05) is 28.8 Å². The highest BCUT2D eigenvalue weighted by Gasteiger charge is 2.26. The molecule has 4 aromatic rings. The molecule has 1 atom stereocenters. The number of ether oxygens (including phenoxy) is 1. The van der Waals surface area contributed by atoms with Crippen LogP contribution >= 0.6 is 0 Å². The standard InChI is InChI=1S/C19H14FN5O2/c20-13-5-3-4-12(8-13)16-9-25-11-22-17(15(25)10-26-16)19-23-18(24-27-19)14-6-1-2-7-21-14/h1-8,11,16H,9-10H2. The van der Waals surface area contributed by atoms with Crippen molar-refractivity contribution < 1.29 is 13.7 Å². The SMILES string of the molecule is Fc1cccc(C2Cn3cnc(-c4nc(-c5ccccn5)no4)c3CO2)c1. The topological polar surface area (TPSA) is 78.9 Å². The first-order chi connectivity index (χ1) is 13.3. The van der Waals surface area contributed by atoms with Crippen LogP contribution < -0.4 is 0 Å². The number of hydrogen-bond donors (Lipinski definition) is 0. The molecule has 0 radical (unpaired) electrons. The van der Waals surface area contributed by atoms with E-state index in [1.54, 1.807) is 18.6 Å². The molecule has 1 aliphatic rings. The normalized spacial score (nSPS) is 16.3. The summed E-state index contributed by atoms with van der Waals surface area (Å²) in [5.41, 5.74) is 2.86. The van der Waals surface area contributed by atoms with Crippen molar-refractivity contribution in [3.05, 3.63) is 72.1 Å². The Balaban J connectivity index is 1.43. The van der Waals surface area contributed by atoms with Crippen molar-refractivity contribution in [2.75, 3.05) is 0 Å². The second kappa shape index (κ2) is 6.40. The summed E-state index contributed by atoms with van der Waals surface area (Å²) in [6.07, 6.45) is 3.15. The first-order valence-corrected chi connectivity index (χ1v) is 8.44. The van der Waals surface area contributed by atoms with Crippen LogP contribution in [0.2, 0.25) is 0 Å². The summed E-state index contributed by atoms with van der Waals surface area (Å²) in [5, 5.41) is 3.98. The first-order valence-electron chi connectivity index (χ1n) is 8.44. The van der Waals surface area contributed by atoms with Gasteiger partial charge in [-0.15, -0.1) is 0 Å². The molecule has 5 rings (SSSR count). The number of imidazole rings is 1. The van der Waals surface area contributed by atoms with Gasteiger partial charge in [-0.25, -0.2) is 9.37 Å². The molecule has 27 heavy (non-hydrogen) atoms. The van der Waals surface area contributed by atoms with Crippen LogP contribution in [-0.4, -0.2) is 24.7 Å². The minimum Gasteiger partial charge on any atom is -0.365 e. The largest absolute Gasteiger partial charge is 0.365 e. The highest BCUT2D eigenvalue weighted by atomic mass is 19.1. The summed E-state index contributed by atoms with van der Waals surface area (Å²) in [7, 11) is 0. The van der Waals surface area contributed by atoms with Crippen molar-refractivity contribution >= 4 is 0 Å². The minimum absolute atomic E-state index is 0.234. The molecule has 1 aromatic carbocycles. The zero-order chi connectivity index (χ0) is 18.2. The van der Waals surface area contributed by atoms with E-state index in [-0.39, 0.29) is 11.9 Å². The Hall–Kier alpha value is -3.39. The summed E-state index contributed by atoms with van der Waals surface area (Å²) < 4.78 is 26.8. The molecule has 1 unspecified atom stereocenters. The maximum atomic E-state index is 13.5. The van der Waals surface area contributed by atoms with Gasteiger partial charge in [0.05, 0.1) is 25.2 Å². The van der Waals surface area contributed by atoms with Gasteiger partial charge in [0, 0.05) is 6.20 Å². The Bertz CT molecular complexity index is 1090. The van der Waals surface area contributed by atoms with Crippen molar-refractivity contribution in [1.82, 2.24) is 24.7 Å². The fourth-order valence-corrected chi connectivity index (χ4v) is 3.13. The smallest absolute Gasteiger partial charge is 0.278 e. The third-order valence-electron chi connectivity index (χ3n) is 4.47. The summed E-state index contributed by atoms with van der Waals surface area (Å²) in [4.78, 5) is 13.0. The van der Waals surface area contributed by atoms with Crippen LogP contribution in [0.5, 0.6) is 0 Å². The second-order valence-corrected chi connectivity index (χ2v) is 6.18. The summed E-state index contributed by atoms with van der Waals surface area (Å²) in [5.74, 6) is 0.444. The van der Waals surface area contributed by atoms with Gasteiger partial charge in [0.25, 0.3) is 5.89 Å². The molecule has 0 fully saturated rings. The third-order valence-corrected chi connectivity index (χ3v) is 4.47. The van der Waals surface area contributed by atoms with Crippen LogP contribution in [0.3, 0.4) is 0 Å². The lowest BCUT2D eigenvalue weighted by Gasteiger charge is -2.25. The molecule has 1 aliphatic heterocycles. The number of hydrogen-bond acceptors (Lipinski definition) is 6. The Kier molecular flexibility index (Phi) is 3.75. The highest BCUT2D eigenvalue weighted by molar-refractivity contribution is 5.56. The Morgan fingerprint density at radius 2 is 2.07 bits per heavy atom. The molecule has 0 spiro atoms. The number of halogens is 1. The average molecular weight is 363 g/mol. The maximum absolute atomic E-state index is 13.5. The van der Waals surface area contributed by atoms with Crippen LogP contribution in [0.25, 0.3) is 23.1 Å². The van der Waals surface area contributed by atoms with Gasteiger partial charge < -0.3 is 13.8 Å². The van der Waals surface area contributed by atoms with Crippen molar-refractivity contribution in [3.63, 3.8) is 0 Å². The Morgan fingerprint density at radius 3 is 2.93 bits per heavy atom. The predicted molar refractivity (Wildman–Crippen MR) is 92.7 cm³/mol. The zero-order valence-corrected chi connectivity index (χ0v) is 14.1. The monoisotopic (exact) mass is 363 g/mol. The fourth-order valence-electron chi connectivity index (χ4n) is 3.13. The number of nitrogens with zero attached hydrogens (tertiary/aromatic N) is 5. The Labute approximate surface area is 153 Å². The van der Waals surface area contributed by atoms with Crippen LogP contribution in [0.4, 0.5) is 4.39 Å². The van der Waals surface area contributed by atoms with Gasteiger partial charge in [-0.2, -0.15) is 4.98 Å². The van der Waals surface area contributed by atoms with E-state index >= 15 is 0 Å². The molecule has 7 nitrogen and oxygen atoms in total. The van der Waals surface area contributed by atoms with Gasteiger partial charge in [0.15, 0.2) is 5.69 Å². The number of fused-ring (bicyclic) bond motifs is 1. The molecule has 0 bridgehead atoms. The van der Waals surface area contributed by atoms with Crippen LogP contribution in [0, 0.1) is 5.82 Å². The molecular formula is C19H14FN5O2. The quantitative estimate of drug-likeness (QED) is 0.555. The molecule has 0 N–H and O–H groups in total. The van der Waals surface area contributed by atoms with Gasteiger partial charge in [-0.3, -0.25) is 4.98 Å². The third kappa shape index (κ3) is 2.89. The minimum atomic E-state index is -0.277. The lowest BCUT2D eigenvalue weighted by molar-refractivity contribution is 0.00314. The van der Waals surface area contributed by atoms with Gasteiger partial charge in [0.1, 0.15) is 17.6 Å². The molecule has 0 saturated heterocycles. The summed E-state index contributed by atoms with van der Waals surface area (Å²) >= 11 is 0. The van der Waals surface area contributed by atoms with Gasteiger partial charge in [-0.05, 0) is 29.8 Å². The molecule has 0 amide bonds. The van der Waals surface area contributed by atoms with E-state index in [0.717, 1.165) is 11.3 Å². The fraction of sp³-hybridized carbons (Fsp3) is 0.158. The predicted octanol–water partition coefficient (Wildman–Crippen LogP) is 3.41. The van der Waals surface area contributed by atoms with E-state index in [2.05, 4.69) is 20.1 Å². The second-order valence-electron chi connectivity index (χ2n) is 6.18. The van der Waals surface area contributed by atoms with Gasteiger partial charge in [0.2, 0.25) is 5.82 Å². The molecule has 0 aliphatic carbocycles. The van der Waals surface area contributed by atoms with E-state index in [9.17, 15) is 4.39 Å². The zero-order valence-electron chi connectivity index (χ0n) is 14.1. The first kappa shape index (κ1) is 15.8. The van der Waals surface area contributed by atoms with Crippen molar-refractivity contribution in [3.8, 4) is 23.1 Å². The van der Waals surface area contributed by atoms with Crippen molar-refractivity contribution in [2.45, 2.75) is 19.3 Å². The number of rotatable bonds is 3. The summed E-state index contributed by atoms with van der Waals surface area (Å²) in [6.45, 7) is 0.852. The number of pyridine rings is 1. The van der Waals surface area contributed by atoms with Crippen LogP contribution in [-0.2, 0) is 17.9 Å². The van der Waals surface area contributed by atoms with E-state index in [0.29, 0.717) is 36.3 Å². The maximum Gasteiger partial charge on any atom is 0.278 e. The van der Waals surface area contributed by atoms with E-state index < -0.39 is 0 Å². The highest BCUT2D eigenvalue weighted by Crippen LogP contribution is 2.31.